The van der Waals surface area contributed by atoms with Crippen LogP contribution in [0.15, 0.2) is 42.5 Å². The van der Waals surface area contributed by atoms with Crippen LogP contribution in [0, 0.1) is 0 Å². The summed E-state index contributed by atoms with van der Waals surface area (Å²) in [6.07, 6.45) is 1.52. The molecule has 2 heterocycles. The number of fused-ring (bicyclic) bond motifs is 1. The summed E-state index contributed by atoms with van der Waals surface area (Å²) in [6, 6.07) is 13.8. The fourth-order valence-electron chi connectivity index (χ4n) is 3.42. The van der Waals surface area contributed by atoms with Crippen LogP contribution in [0.2, 0.25) is 10.0 Å². The van der Waals surface area contributed by atoms with Gasteiger partial charge in [-0.25, -0.2) is 4.98 Å². The number of anilines is 1. The van der Waals surface area contributed by atoms with Crippen molar-refractivity contribution in [2.45, 2.75) is 25.5 Å². The van der Waals surface area contributed by atoms with E-state index >= 15 is 0 Å². The molecular weight excluding hydrogens is 357 g/mol. The van der Waals surface area contributed by atoms with E-state index in [9.17, 15) is 5.11 Å². The molecule has 0 saturated carbocycles. The largest absolute Gasteiger partial charge is 0.391 e. The number of halogens is 2. The number of piperidine rings is 1. The van der Waals surface area contributed by atoms with Crippen molar-refractivity contribution in [1.29, 1.82) is 0 Å². The van der Waals surface area contributed by atoms with E-state index in [-0.39, 0.29) is 6.10 Å². The summed E-state index contributed by atoms with van der Waals surface area (Å²) in [5.41, 5.74) is 3.10. The topological polar surface area (TPSA) is 41.3 Å². The highest BCUT2D eigenvalue weighted by atomic mass is 35.5. The molecule has 1 N–H and O–H groups in total. The lowest BCUT2D eigenvalue weighted by atomic mass is 10.1. The van der Waals surface area contributed by atoms with Gasteiger partial charge in [0.25, 0.3) is 0 Å². The summed E-state index contributed by atoms with van der Waals surface area (Å²) < 4.78 is 2.19. The predicted octanol–water partition coefficient (Wildman–Crippen LogP) is 4.35. The number of para-hydroxylation sites is 2. The van der Waals surface area contributed by atoms with E-state index in [1.54, 1.807) is 0 Å². The fourth-order valence-corrected chi connectivity index (χ4v) is 3.74. The SMILES string of the molecule is O[C@H]1CCCN(c2nc3ccccc3n2Cc2ccc(Cl)c(Cl)c2)C1. The predicted molar refractivity (Wildman–Crippen MR) is 103 cm³/mol. The Hall–Kier alpha value is -1.75. The molecule has 0 spiro atoms. The Morgan fingerprint density at radius 2 is 1.96 bits per heavy atom. The Kier molecular flexibility index (Phi) is 4.59. The maximum Gasteiger partial charge on any atom is 0.206 e. The van der Waals surface area contributed by atoms with Crippen molar-refractivity contribution in [3.05, 3.63) is 58.1 Å². The van der Waals surface area contributed by atoms with Crippen LogP contribution in [-0.4, -0.2) is 33.9 Å². The lowest BCUT2D eigenvalue weighted by Crippen LogP contribution is -2.39. The first kappa shape index (κ1) is 16.7. The Balaban J connectivity index is 1.77. The van der Waals surface area contributed by atoms with Crippen molar-refractivity contribution in [1.82, 2.24) is 9.55 Å². The van der Waals surface area contributed by atoms with Gasteiger partial charge in [-0.2, -0.15) is 0 Å². The van der Waals surface area contributed by atoms with Crippen LogP contribution in [0.4, 0.5) is 5.95 Å². The van der Waals surface area contributed by atoms with Gasteiger partial charge in [0.1, 0.15) is 0 Å². The average molecular weight is 376 g/mol. The molecule has 3 aromatic rings. The zero-order valence-corrected chi connectivity index (χ0v) is 15.2. The average Bonchev–Trinajstić information content (AvgIpc) is 2.97. The lowest BCUT2D eigenvalue weighted by molar-refractivity contribution is 0.153. The van der Waals surface area contributed by atoms with E-state index in [0.717, 1.165) is 41.9 Å². The molecule has 25 heavy (non-hydrogen) atoms. The van der Waals surface area contributed by atoms with Crippen molar-refractivity contribution in [3.63, 3.8) is 0 Å². The van der Waals surface area contributed by atoms with Crippen LogP contribution < -0.4 is 4.90 Å². The van der Waals surface area contributed by atoms with Crippen LogP contribution in [0.25, 0.3) is 11.0 Å². The van der Waals surface area contributed by atoms with Crippen LogP contribution in [0.5, 0.6) is 0 Å². The third kappa shape index (κ3) is 3.34. The third-order valence-electron chi connectivity index (χ3n) is 4.64. The standard InChI is InChI=1S/C19H19Cl2N3O/c20-15-8-7-13(10-16(15)21)11-24-18-6-2-1-5-17(18)22-19(24)23-9-3-4-14(25)12-23/h1-2,5-8,10,14,25H,3-4,9,11-12H2/t14-/m0/s1. The minimum Gasteiger partial charge on any atom is -0.391 e. The first-order valence-electron chi connectivity index (χ1n) is 8.44. The number of hydrogen-bond acceptors (Lipinski definition) is 3. The molecule has 0 aliphatic carbocycles. The molecule has 1 saturated heterocycles. The van der Waals surface area contributed by atoms with E-state index in [0.29, 0.717) is 23.1 Å². The van der Waals surface area contributed by atoms with Crippen molar-refractivity contribution < 1.29 is 5.11 Å². The quantitative estimate of drug-likeness (QED) is 0.739. The van der Waals surface area contributed by atoms with E-state index in [4.69, 9.17) is 28.2 Å². The van der Waals surface area contributed by atoms with Gasteiger partial charge < -0.3 is 14.6 Å². The monoisotopic (exact) mass is 375 g/mol. The molecule has 0 unspecified atom stereocenters. The number of hydrogen-bond donors (Lipinski definition) is 1. The van der Waals surface area contributed by atoms with Crippen molar-refractivity contribution in [2.75, 3.05) is 18.0 Å². The Morgan fingerprint density at radius 3 is 2.76 bits per heavy atom. The lowest BCUT2D eigenvalue weighted by Gasteiger charge is -2.31. The highest BCUT2D eigenvalue weighted by molar-refractivity contribution is 6.42. The molecule has 4 nitrogen and oxygen atoms in total. The highest BCUT2D eigenvalue weighted by Gasteiger charge is 2.23. The van der Waals surface area contributed by atoms with Gasteiger partial charge in [0.15, 0.2) is 0 Å². The van der Waals surface area contributed by atoms with Gasteiger partial charge in [0.05, 0.1) is 33.7 Å². The molecule has 0 bridgehead atoms. The van der Waals surface area contributed by atoms with Gasteiger partial charge in [-0.3, -0.25) is 0 Å². The van der Waals surface area contributed by atoms with Crippen molar-refractivity contribution in [2.24, 2.45) is 0 Å². The number of β-amino-alcohol motifs (C(OH)–C–C–N with tert-alkyl or cyclic N) is 1. The van der Waals surface area contributed by atoms with Crippen LogP contribution in [0.3, 0.4) is 0 Å². The molecule has 1 fully saturated rings. The molecule has 1 aromatic heterocycles. The number of nitrogens with zero attached hydrogens (tertiary/aromatic N) is 3. The first-order valence-corrected chi connectivity index (χ1v) is 9.19. The molecule has 1 aliphatic heterocycles. The Morgan fingerprint density at radius 1 is 1.12 bits per heavy atom. The van der Waals surface area contributed by atoms with Gasteiger partial charge in [-0.1, -0.05) is 41.4 Å². The summed E-state index contributed by atoms with van der Waals surface area (Å²) >= 11 is 12.2. The maximum absolute atomic E-state index is 10.1. The smallest absolute Gasteiger partial charge is 0.206 e. The number of aliphatic hydroxyl groups excluding tert-OH is 1. The Bertz CT molecular complexity index is 909. The minimum absolute atomic E-state index is 0.299. The number of rotatable bonds is 3. The molecule has 0 amide bonds. The summed E-state index contributed by atoms with van der Waals surface area (Å²) in [6.45, 7) is 2.17. The normalized spacial score (nSPS) is 18.0. The second kappa shape index (κ2) is 6.87. The second-order valence-electron chi connectivity index (χ2n) is 6.48. The molecule has 6 heteroatoms. The zero-order valence-electron chi connectivity index (χ0n) is 13.7. The van der Waals surface area contributed by atoms with Gasteiger partial charge in [0.2, 0.25) is 5.95 Å². The summed E-state index contributed by atoms with van der Waals surface area (Å²) in [7, 11) is 0. The van der Waals surface area contributed by atoms with E-state index in [2.05, 4.69) is 15.5 Å². The van der Waals surface area contributed by atoms with E-state index < -0.39 is 0 Å². The molecule has 130 valence electrons. The van der Waals surface area contributed by atoms with Gasteiger partial charge >= 0.3 is 0 Å². The van der Waals surface area contributed by atoms with Crippen LogP contribution >= 0.6 is 23.2 Å². The maximum atomic E-state index is 10.1. The molecule has 0 radical (unpaired) electrons. The molecule has 2 aromatic carbocycles. The number of aliphatic hydroxyl groups is 1. The van der Waals surface area contributed by atoms with Gasteiger partial charge in [0, 0.05) is 13.1 Å². The minimum atomic E-state index is -0.299. The third-order valence-corrected chi connectivity index (χ3v) is 5.38. The first-order chi connectivity index (χ1) is 12.1. The molecular formula is C19H19Cl2N3O. The molecule has 1 aliphatic rings. The van der Waals surface area contributed by atoms with E-state index in [1.165, 1.54) is 0 Å². The van der Waals surface area contributed by atoms with Crippen LogP contribution in [0.1, 0.15) is 18.4 Å². The van der Waals surface area contributed by atoms with Crippen molar-refractivity contribution >= 4 is 40.2 Å². The summed E-state index contributed by atoms with van der Waals surface area (Å²) in [5, 5.41) is 11.2. The number of benzene rings is 2. The van der Waals surface area contributed by atoms with Gasteiger partial charge in [-0.05, 0) is 42.7 Å². The zero-order chi connectivity index (χ0) is 17.4. The fraction of sp³-hybridized carbons (Fsp3) is 0.316. The second-order valence-corrected chi connectivity index (χ2v) is 7.29. The molecule has 1 atom stereocenters. The van der Waals surface area contributed by atoms with E-state index in [1.807, 2.05) is 36.4 Å². The van der Waals surface area contributed by atoms with Crippen molar-refractivity contribution in [3.8, 4) is 0 Å². The summed E-state index contributed by atoms with van der Waals surface area (Å²) in [5.74, 6) is 0.894. The number of imidazole rings is 1. The van der Waals surface area contributed by atoms with Gasteiger partial charge in [-0.15, -0.1) is 0 Å². The highest BCUT2D eigenvalue weighted by Crippen LogP contribution is 2.28. The number of aromatic nitrogens is 2. The summed E-state index contributed by atoms with van der Waals surface area (Å²) in [4.78, 5) is 7.00. The molecule has 4 rings (SSSR count). The Labute approximate surface area is 156 Å². The van der Waals surface area contributed by atoms with Crippen LogP contribution in [-0.2, 0) is 6.54 Å².